The first-order valence-corrected chi connectivity index (χ1v) is 6.53. The predicted octanol–water partition coefficient (Wildman–Crippen LogP) is 0.763. The molecule has 1 fully saturated rings. The molecule has 0 spiro atoms. The summed E-state index contributed by atoms with van der Waals surface area (Å²) in [5.41, 5.74) is 2.78. The number of hydrazine groups is 1. The molecule has 1 heterocycles. The maximum absolute atomic E-state index is 11.6. The molecule has 0 saturated carbocycles. The highest BCUT2D eigenvalue weighted by Crippen LogP contribution is 2.18. The van der Waals surface area contributed by atoms with Gasteiger partial charge in [0.1, 0.15) is 0 Å². The van der Waals surface area contributed by atoms with Gasteiger partial charge in [0, 0.05) is 6.54 Å². The minimum atomic E-state index is -2.25. The van der Waals surface area contributed by atoms with Crippen molar-refractivity contribution in [3.8, 4) is 0 Å². The fourth-order valence-corrected chi connectivity index (χ4v) is 1.98. The monoisotopic (exact) mass is 244 g/mol. The van der Waals surface area contributed by atoms with Crippen LogP contribution in [0.4, 0.5) is 0 Å². The largest absolute Gasteiger partial charge is 0.357 e. The SMILES string of the molecule is CCCCCCCCN1NC(C)C(O)(O)C1=O. The van der Waals surface area contributed by atoms with Crippen molar-refractivity contribution in [2.75, 3.05) is 6.54 Å². The number of unbranched alkanes of at least 4 members (excludes halogenated alkanes) is 5. The Morgan fingerprint density at radius 2 is 1.82 bits per heavy atom. The molecule has 0 aromatic carbocycles. The lowest BCUT2D eigenvalue weighted by molar-refractivity contribution is -0.184. The van der Waals surface area contributed by atoms with Gasteiger partial charge in [0.25, 0.3) is 11.7 Å². The van der Waals surface area contributed by atoms with Crippen LogP contribution in [0.2, 0.25) is 0 Å². The third-order valence-corrected chi connectivity index (χ3v) is 3.25. The lowest BCUT2D eigenvalue weighted by Crippen LogP contribution is -2.44. The Balaban J connectivity index is 2.19. The third kappa shape index (κ3) is 3.66. The first-order chi connectivity index (χ1) is 8.00. The van der Waals surface area contributed by atoms with Gasteiger partial charge in [-0.3, -0.25) is 9.80 Å². The summed E-state index contributed by atoms with van der Waals surface area (Å²) in [7, 11) is 0. The Labute approximate surface area is 103 Å². The predicted molar refractivity (Wildman–Crippen MR) is 64.9 cm³/mol. The molecule has 0 radical (unpaired) electrons. The Morgan fingerprint density at radius 1 is 1.24 bits per heavy atom. The van der Waals surface area contributed by atoms with Gasteiger partial charge in [0.05, 0.1) is 6.04 Å². The molecule has 0 aromatic heterocycles. The number of carbonyl (C=O) groups is 1. The summed E-state index contributed by atoms with van der Waals surface area (Å²) >= 11 is 0. The number of hydrogen-bond acceptors (Lipinski definition) is 4. The van der Waals surface area contributed by atoms with Gasteiger partial charge in [-0.05, 0) is 13.3 Å². The number of rotatable bonds is 7. The number of nitrogens with zero attached hydrogens (tertiary/aromatic N) is 1. The fraction of sp³-hybridized carbons (Fsp3) is 0.917. The average molecular weight is 244 g/mol. The number of nitrogens with one attached hydrogen (secondary N) is 1. The maximum Gasteiger partial charge on any atom is 0.298 e. The van der Waals surface area contributed by atoms with E-state index >= 15 is 0 Å². The van der Waals surface area contributed by atoms with Gasteiger partial charge < -0.3 is 10.2 Å². The number of hydrogen-bond donors (Lipinski definition) is 3. The molecule has 5 nitrogen and oxygen atoms in total. The van der Waals surface area contributed by atoms with Gasteiger partial charge in [-0.25, -0.2) is 5.43 Å². The summed E-state index contributed by atoms with van der Waals surface area (Å²) in [6, 6.07) is -0.643. The van der Waals surface area contributed by atoms with E-state index in [1.165, 1.54) is 30.7 Å². The van der Waals surface area contributed by atoms with E-state index < -0.39 is 17.7 Å². The first-order valence-electron chi connectivity index (χ1n) is 6.53. The van der Waals surface area contributed by atoms with Crippen LogP contribution in [0.1, 0.15) is 52.4 Å². The Kier molecular flexibility index (Phi) is 5.36. The molecule has 1 atom stereocenters. The second-order valence-corrected chi connectivity index (χ2v) is 4.80. The van der Waals surface area contributed by atoms with E-state index in [1.807, 2.05) is 0 Å². The van der Waals surface area contributed by atoms with E-state index in [-0.39, 0.29) is 0 Å². The number of carbonyl (C=O) groups excluding carboxylic acids is 1. The van der Waals surface area contributed by atoms with Crippen LogP contribution in [0.3, 0.4) is 0 Å². The molecule has 100 valence electrons. The number of amides is 1. The molecule has 1 rings (SSSR count). The summed E-state index contributed by atoms with van der Waals surface area (Å²) < 4.78 is 0. The highest BCUT2D eigenvalue weighted by atomic mass is 16.5. The summed E-state index contributed by atoms with van der Waals surface area (Å²) in [6.45, 7) is 4.30. The quantitative estimate of drug-likeness (QED) is 0.457. The highest BCUT2D eigenvalue weighted by Gasteiger charge is 2.49. The maximum atomic E-state index is 11.6. The van der Waals surface area contributed by atoms with Crippen LogP contribution in [0.5, 0.6) is 0 Å². The topological polar surface area (TPSA) is 72.8 Å². The zero-order chi connectivity index (χ0) is 12.9. The lowest BCUT2D eigenvalue weighted by Gasteiger charge is -2.16. The fourth-order valence-electron chi connectivity index (χ4n) is 1.98. The average Bonchev–Trinajstić information content (AvgIpc) is 2.48. The van der Waals surface area contributed by atoms with Crippen molar-refractivity contribution in [1.82, 2.24) is 10.4 Å². The van der Waals surface area contributed by atoms with Gasteiger partial charge in [0.15, 0.2) is 0 Å². The van der Waals surface area contributed by atoms with Crippen molar-refractivity contribution in [2.45, 2.75) is 64.2 Å². The molecule has 0 aromatic rings. The van der Waals surface area contributed by atoms with E-state index in [0.29, 0.717) is 6.54 Å². The van der Waals surface area contributed by atoms with E-state index in [2.05, 4.69) is 12.3 Å². The van der Waals surface area contributed by atoms with Crippen molar-refractivity contribution in [3.05, 3.63) is 0 Å². The Morgan fingerprint density at radius 3 is 2.35 bits per heavy atom. The number of aliphatic hydroxyl groups is 2. The smallest absolute Gasteiger partial charge is 0.298 e. The molecule has 17 heavy (non-hydrogen) atoms. The van der Waals surface area contributed by atoms with Gasteiger partial charge in [-0.2, -0.15) is 0 Å². The van der Waals surface area contributed by atoms with E-state index in [1.54, 1.807) is 6.92 Å². The zero-order valence-electron chi connectivity index (χ0n) is 10.8. The molecule has 0 bridgehead atoms. The Hall–Kier alpha value is -0.650. The van der Waals surface area contributed by atoms with Gasteiger partial charge in [0.2, 0.25) is 0 Å². The summed E-state index contributed by atoms with van der Waals surface area (Å²) in [5.74, 6) is -2.89. The molecule has 1 saturated heterocycles. The van der Waals surface area contributed by atoms with Crippen molar-refractivity contribution in [3.63, 3.8) is 0 Å². The first kappa shape index (κ1) is 14.4. The van der Waals surface area contributed by atoms with Crippen LogP contribution in [-0.2, 0) is 4.79 Å². The summed E-state index contributed by atoms with van der Waals surface area (Å²) in [4.78, 5) is 11.6. The second kappa shape index (κ2) is 6.33. The summed E-state index contributed by atoms with van der Waals surface area (Å²) in [6.07, 6.45) is 6.86. The molecule has 1 aliphatic heterocycles. The van der Waals surface area contributed by atoms with E-state index in [0.717, 1.165) is 12.8 Å². The molecule has 0 aliphatic carbocycles. The van der Waals surface area contributed by atoms with Crippen molar-refractivity contribution in [2.24, 2.45) is 0 Å². The minimum Gasteiger partial charge on any atom is -0.357 e. The summed E-state index contributed by atoms with van der Waals surface area (Å²) in [5, 5.41) is 20.3. The van der Waals surface area contributed by atoms with Crippen LogP contribution in [0.25, 0.3) is 0 Å². The van der Waals surface area contributed by atoms with Gasteiger partial charge >= 0.3 is 0 Å². The zero-order valence-corrected chi connectivity index (χ0v) is 10.8. The van der Waals surface area contributed by atoms with E-state index in [9.17, 15) is 15.0 Å². The standard InChI is InChI=1S/C12H24N2O3/c1-3-4-5-6-7-8-9-14-11(15)12(16,17)10(2)13-14/h10,13,16-17H,3-9H2,1-2H3. The molecule has 5 heteroatoms. The van der Waals surface area contributed by atoms with Crippen molar-refractivity contribution in [1.29, 1.82) is 0 Å². The van der Waals surface area contributed by atoms with Crippen LogP contribution in [-0.4, -0.2) is 39.5 Å². The van der Waals surface area contributed by atoms with Crippen LogP contribution >= 0.6 is 0 Å². The lowest BCUT2D eigenvalue weighted by atomic mass is 10.1. The second-order valence-electron chi connectivity index (χ2n) is 4.80. The molecule has 1 unspecified atom stereocenters. The minimum absolute atomic E-state index is 0.540. The third-order valence-electron chi connectivity index (χ3n) is 3.25. The highest BCUT2D eigenvalue weighted by molar-refractivity contribution is 5.85. The molecule has 3 N–H and O–H groups in total. The molecule has 1 aliphatic rings. The normalized spacial score (nSPS) is 23.4. The van der Waals surface area contributed by atoms with Crippen LogP contribution in [0.15, 0.2) is 0 Å². The Bertz CT molecular complexity index is 256. The molecular weight excluding hydrogens is 220 g/mol. The van der Waals surface area contributed by atoms with Gasteiger partial charge in [-0.15, -0.1) is 0 Å². The van der Waals surface area contributed by atoms with E-state index in [4.69, 9.17) is 0 Å². The van der Waals surface area contributed by atoms with Crippen molar-refractivity contribution >= 4 is 5.91 Å². The van der Waals surface area contributed by atoms with Crippen LogP contribution in [0, 0.1) is 0 Å². The van der Waals surface area contributed by atoms with Gasteiger partial charge in [-0.1, -0.05) is 39.0 Å². The molecular formula is C12H24N2O3. The molecule has 1 amide bonds. The van der Waals surface area contributed by atoms with Crippen LogP contribution < -0.4 is 5.43 Å². The van der Waals surface area contributed by atoms with Crippen molar-refractivity contribution < 1.29 is 15.0 Å².